The topological polar surface area (TPSA) is 18.5 Å². The first-order chi connectivity index (χ1) is 7.74. The molecule has 1 atom stereocenters. The maximum atomic E-state index is 3.78. The highest BCUT2D eigenvalue weighted by Crippen LogP contribution is 2.18. The van der Waals surface area contributed by atoms with Gasteiger partial charge in [0.05, 0.1) is 0 Å². The number of hydrogen-bond acceptors (Lipinski definition) is 3. The molecule has 0 aromatic heterocycles. The molecular formula is C13H27N3. The van der Waals surface area contributed by atoms with Crippen molar-refractivity contribution in [1.29, 1.82) is 0 Å². The quantitative estimate of drug-likeness (QED) is 0.774. The number of nitrogens with zero attached hydrogens (tertiary/aromatic N) is 2. The lowest BCUT2D eigenvalue weighted by molar-refractivity contribution is 0.142. The molecule has 0 amide bonds. The molecule has 2 aliphatic rings. The highest BCUT2D eigenvalue weighted by Gasteiger charge is 2.20. The highest BCUT2D eigenvalue weighted by atomic mass is 15.3. The predicted octanol–water partition coefficient (Wildman–Crippen LogP) is 1.15. The van der Waals surface area contributed by atoms with Crippen LogP contribution >= 0.6 is 0 Å². The van der Waals surface area contributed by atoms with E-state index in [0.29, 0.717) is 6.04 Å². The lowest BCUT2D eigenvalue weighted by Gasteiger charge is -2.34. The van der Waals surface area contributed by atoms with Crippen molar-refractivity contribution in [2.75, 3.05) is 39.8 Å². The van der Waals surface area contributed by atoms with E-state index in [-0.39, 0.29) is 0 Å². The fourth-order valence-corrected chi connectivity index (χ4v) is 2.97. The van der Waals surface area contributed by atoms with Crippen molar-refractivity contribution in [2.45, 2.75) is 44.7 Å². The fourth-order valence-electron chi connectivity index (χ4n) is 2.97. The largest absolute Gasteiger partial charge is 0.310 e. The van der Waals surface area contributed by atoms with Gasteiger partial charge in [-0.1, -0.05) is 12.8 Å². The normalized spacial score (nSPS) is 27.4. The van der Waals surface area contributed by atoms with Gasteiger partial charge in [-0.05, 0) is 26.8 Å². The van der Waals surface area contributed by atoms with E-state index in [2.05, 4.69) is 29.1 Å². The van der Waals surface area contributed by atoms with Crippen LogP contribution in [0.25, 0.3) is 0 Å². The molecule has 1 aliphatic heterocycles. The molecule has 2 rings (SSSR count). The highest BCUT2D eigenvalue weighted by molar-refractivity contribution is 4.79. The number of piperazine rings is 1. The summed E-state index contributed by atoms with van der Waals surface area (Å²) in [5.41, 5.74) is 0. The molecule has 3 nitrogen and oxygen atoms in total. The second kappa shape index (κ2) is 5.99. The number of nitrogens with one attached hydrogen (secondary N) is 1. The Kier molecular flexibility index (Phi) is 4.62. The zero-order chi connectivity index (χ0) is 11.4. The lowest BCUT2D eigenvalue weighted by Crippen LogP contribution is -2.50. The van der Waals surface area contributed by atoms with Crippen LogP contribution in [0.3, 0.4) is 0 Å². The summed E-state index contributed by atoms with van der Waals surface area (Å²) in [6.45, 7) is 8.52. The summed E-state index contributed by atoms with van der Waals surface area (Å²) < 4.78 is 0. The molecule has 2 fully saturated rings. The molecule has 1 saturated carbocycles. The van der Waals surface area contributed by atoms with E-state index < -0.39 is 0 Å². The Morgan fingerprint density at radius 1 is 1.12 bits per heavy atom. The number of hydrogen-bond donors (Lipinski definition) is 1. The van der Waals surface area contributed by atoms with Crippen molar-refractivity contribution >= 4 is 0 Å². The minimum atomic E-state index is 0.659. The van der Waals surface area contributed by atoms with E-state index in [0.717, 1.165) is 6.04 Å². The van der Waals surface area contributed by atoms with E-state index in [4.69, 9.17) is 0 Å². The molecule has 0 spiro atoms. The van der Waals surface area contributed by atoms with Gasteiger partial charge < -0.3 is 10.2 Å². The predicted molar refractivity (Wildman–Crippen MR) is 68.8 cm³/mol. The molecule has 0 radical (unpaired) electrons. The van der Waals surface area contributed by atoms with Crippen molar-refractivity contribution in [3.63, 3.8) is 0 Å². The van der Waals surface area contributed by atoms with Crippen LogP contribution in [0.5, 0.6) is 0 Å². The van der Waals surface area contributed by atoms with Crippen molar-refractivity contribution in [3.8, 4) is 0 Å². The molecule has 0 aromatic rings. The van der Waals surface area contributed by atoms with E-state index in [1.54, 1.807) is 0 Å². The first-order valence-electron chi connectivity index (χ1n) is 6.91. The van der Waals surface area contributed by atoms with Crippen LogP contribution < -0.4 is 5.32 Å². The molecule has 1 unspecified atom stereocenters. The van der Waals surface area contributed by atoms with Gasteiger partial charge in [0.1, 0.15) is 0 Å². The van der Waals surface area contributed by atoms with E-state index >= 15 is 0 Å². The molecule has 1 heterocycles. The van der Waals surface area contributed by atoms with Crippen molar-refractivity contribution in [2.24, 2.45) is 0 Å². The summed E-state index contributed by atoms with van der Waals surface area (Å²) in [6.07, 6.45) is 5.65. The minimum absolute atomic E-state index is 0.659. The molecule has 1 aliphatic carbocycles. The summed E-state index contributed by atoms with van der Waals surface area (Å²) in [6, 6.07) is 1.47. The van der Waals surface area contributed by atoms with Gasteiger partial charge in [0.2, 0.25) is 0 Å². The van der Waals surface area contributed by atoms with Crippen LogP contribution in [-0.4, -0.2) is 61.7 Å². The van der Waals surface area contributed by atoms with E-state index in [1.807, 2.05) is 0 Å². The Balaban J connectivity index is 1.64. The average molecular weight is 225 g/mol. The summed E-state index contributed by atoms with van der Waals surface area (Å²) in [5, 5.41) is 3.78. The fraction of sp³-hybridized carbons (Fsp3) is 1.00. The van der Waals surface area contributed by atoms with Crippen molar-refractivity contribution < 1.29 is 0 Å². The van der Waals surface area contributed by atoms with Gasteiger partial charge in [0, 0.05) is 44.8 Å². The van der Waals surface area contributed by atoms with Crippen LogP contribution in [-0.2, 0) is 0 Å². The maximum Gasteiger partial charge on any atom is 0.0169 e. The first kappa shape index (κ1) is 12.3. The van der Waals surface area contributed by atoms with Crippen LogP contribution in [0, 0.1) is 0 Å². The zero-order valence-corrected chi connectivity index (χ0v) is 10.9. The van der Waals surface area contributed by atoms with Crippen LogP contribution in [0.1, 0.15) is 32.6 Å². The smallest absolute Gasteiger partial charge is 0.0169 e. The molecule has 0 bridgehead atoms. The molecular weight excluding hydrogens is 198 g/mol. The Morgan fingerprint density at radius 3 is 2.38 bits per heavy atom. The number of likely N-dealkylation sites (N-methyl/N-ethyl adjacent to an activating group) is 1. The molecule has 94 valence electrons. The molecule has 0 aromatic carbocycles. The summed E-state index contributed by atoms with van der Waals surface area (Å²) in [7, 11) is 2.22. The van der Waals surface area contributed by atoms with Crippen molar-refractivity contribution in [1.82, 2.24) is 15.1 Å². The molecule has 3 heteroatoms. The van der Waals surface area contributed by atoms with Crippen LogP contribution in [0.2, 0.25) is 0 Å². The summed E-state index contributed by atoms with van der Waals surface area (Å²) >= 11 is 0. The standard InChI is InChI=1S/C13H27N3/c1-12(14-13-5-3-4-6-13)11-16-9-7-15(2)8-10-16/h12-14H,3-11H2,1-2H3. The van der Waals surface area contributed by atoms with Gasteiger partial charge in [0.25, 0.3) is 0 Å². The molecule has 1 saturated heterocycles. The van der Waals surface area contributed by atoms with Gasteiger partial charge in [-0.3, -0.25) is 4.90 Å². The van der Waals surface area contributed by atoms with Crippen LogP contribution in [0.4, 0.5) is 0 Å². The third-order valence-corrected chi connectivity index (χ3v) is 4.00. The van der Waals surface area contributed by atoms with Gasteiger partial charge in [-0.15, -0.1) is 0 Å². The molecule has 1 N–H and O–H groups in total. The zero-order valence-electron chi connectivity index (χ0n) is 10.9. The minimum Gasteiger partial charge on any atom is -0.310 e. The molecule has 16 heavy (non-hydrogen) atoms. The first-order valence-corrected chi connectivity index (χ1v) is 6.91. The third-order valence-electron chi connectivity index (χ3n) is 4.00. The van der Waals surface area contributed by atoms with E-state index in [1.165, 1.54) is 58.4 Å². The Morgan fingerprint density at radius 2 is 1.75 bits per heavy atom. The van der Waals surface area contributed by atoms with Gasteiger partial charge >= 0.3 is 0 Å². The second-order valence-corrected chi connectivity index (χ2v) is 5.65. The van der Waals surface area contributed by atoms with Gasteiger partial charge in [-0.2, -0.15) is 0 Å². The monoisotopic (exact) mass is 225 g/mol. The van der Waals surface area contributed by atoms with Gasteiger partial charge in [-0.25, -0.2) is 0 Å². The van der Waals surface area contributed by atoms with Crippen molar-refractivity contribution in [3.05, 3.63) is 0 Å². The Hall–Kier alpha value is -0.120. The third kappa shape index (κ3) is 3.72. The average Bonchev–Trinajstić information content (AvgIpc) is 2.74. The maximum absolute atomic E-state index is 3.78. The summed E-state index contributed by atoms with van der Waals surface area (Å²) in [4.78, 5) is 5.03. The van der Waals surface area contributed by atoms with E-state index in [9.17, 15) is 0 Å². The van der Waals surface area contributed by atoms with Gasteiger partial charge in [0.15, 0.2) is 0 Å². The SMILES string of the molecule is CC(CN1CCN(C)CC1)NC1CCCC1. The Bertz CT molecular complexity index is 193. The second-order valence-electron chi connectivity index (χ2n) is 5.65. The number of rotatable bonds is 4. The lowest BCUT2D eigenvalue weighted by atomic mass is 10.2. The summed E-state index contributed by atoms with van der Waals surface area (Å²) in [5.74, 6) is 0. The Labute approximate surface area is 100 Å². The van der Waals surface area contributed by atoms with Crippen LogP contribution in [0.15, 0.2) is 0 Å².